The summed E-state index contributed by atoms with van der Waals surface area (Å²) >= 11 is 0. The van der Waals surface area contributed by atoms with Gasteiger partial charge in [-0.2, -0.15) is 0 Å². The van der Waals surface area contributed by atoms with Crippen molar-refractivity contribution in [3.63, 3.8) is 0 Å². The van der Waals surface area contributed by atoms with Gasteiger partial charge in [0.05, 0.1) is 13.0 Å². The van der Waals surface area contributed by atoms with Crippen LogP contribution in [0.2, 0.25) is 0 Å². The van der Waals surface area contributed by atoms with Crippen LogP contribution in [0.15, 0.2) is 24.3 Å². The van der Waals surface area contributed by atoms with Crippen molar-refractivity contribution < 1.29 is 14.6 Å². The summed E-state index contributed by atoms with van der Waals surface area (Å²) in [7, 11) is 1.58. The van der Waals surface area contributed by atoms with Crippen molar-refractivity contribution in [3.8, 4) is 5.75 Å². The van der Waals surface area contributed by atoms with Crippen molar-refractivity contribution in [2.45, 2.75) is 12.8 Å². The number of methoxy groups -OCH3 is 1. The van der Waals surface area contributed by atoms with Gasteiger partial charge in [-0.15, -0.1) is 12.4 Å². The molecule has 0 saturated heterocycles. The molecule has 0 heterocycles. The minimum Gasteiger partial charge on any atom is -0.497 e. The number of ether oxygens (including phenoxy) is 1. The molecule has 0 bridgehead atoms. The predicted molar refractivity (Wildman–Crippen MR) is 56.3 cm³/mol. The molecule has 0 amide bonds. The molecule has 1 N–H and O–H groups in total. The van der Waals surface area contributed by atoms with E-state index in [4.69, 9.17) is 9.84 Å². The van der Waals surface area contributed by atoms with Gasteiger partial charge in [0.25, 0.3) is 0 Å². The summed E-state index contributed by atoms with van der Waals surface area (Å²) in [6.07, 6.45) is 0. The molecule has 0 aromatic heterocycles. The normalized spacial score (nSPS) is 11.3. The molecule has 0 fully saturated rings. The number of halogens is 1. The Morgan fingerprint density at radius 3 is 2.21 bits per heavy atom. The number of hydrogen-bond donors (Lipinski definition) is 1. The Labute approximate surface area is 89.1 Å². The minimum atomic E-state index is -0.815. The molecule has 0 radical (unpaired) electrons. The zero-order chi connectivity index (χ0) is 9.84. The Kier molecular flexibility index (Phi) is 5.02. The van der Waals surface area contributed by atoms with E-state index in [2.05, 4.69) is 0 Å². The summed E-state index contributed by atoms with van der Waals surface area (Å²) in [4.78, 5) is 10.6. The lowest BCUT2D eigenvalue weighted by Crippen LogP contribution is -2.06. The van der Waals surface area contributed by atoms with Crippen molar-refractivity contribution in [2.75, 3.05) is 7.11 Å². The van der Waals surface area contributed by atoms with E-state index in [0.717, 1.165) is 11.3 Å². The third-order valence-electron chi connectivity index (χ3n) is 1.99. The average molecular weight is 217 g/mol. The Morgan fingerprint density at radius 1 is 1.36 bits per heavy atom. The molecule has 1 rings (SSSR count). The van der Waals surface area contributed by atoms with Crippen molar-refractivity contribution in [3.05, 3.63) is 29.8 Å². The Hall–Kier alpha value is -1.22. The minimum absolute atomic E-state index is 0. The Morgan fingerprint density at radius 2 is 1.86 bits per heavy atom. The monoisotopic (exact) mass is 216 g/mol. The molecule has 1 aromatic carbocycles. The zero-order valence-corrected chi connectivity index (χ0v) is 8.88. The summed E-state index contributed by atoms with van der Waals surface area (Å²) in [5, 5.41) is 8.73. The lowest BCUT2D eigenvalue weighted by molar-refractivity contribution is -0.138. The van der Waals surface area contributed by atoms with E-state index >= 15 is 0 Å². The molecule has 4 heteroatoms. The van der Waals surface area contributed by atoms with Gasteiger partial charge >= 0.3 is 5.97 Å². The second-order valence-electron chi connectivity index (χ2n) is 2.83. The van der Waals surface area contributed by atoms with Gasteiger partial charge in [0, 0.05) is 0 Å². The van der Waals surface area contributed by atoms with E-state index in [1.54, 1.807) is 38.3 Å². The first-order valence-electron chi connectivity index (χ1n) is 4.02. The highest BCUT2D eigenvalue weighted by Gasteiger charge is 2.12. The fraction of sp³-hybridized carbons (Fsp3) is 0.300. The number of carbonyl (C=O) groups is 1. The molecular weight excluding hydrogens is 204 g/mol. The van der Waals surface area contributed by atoms with Crippen LogP contribution in [0.1, 0.15) is 18.4 Å². The van der Waals surface area contributed by atoms with Gasteiger partial charge in [0.1, 0.15) is 5.75 Å². The molecule has 0 aliphatic heterocycles. The van der Waals surface area contributed by atoms with E-state index in [-0.39, 0.29) is 12.4 Å². The fourth-order valence-corrected chi connectivity index (χ4v) is 1.04. The SMILES string of the molecule is COc1ccc(C(C)C(=O)O)cc1.Cl. The van der Waals surface area contributed by atoms with Crippen LogP contribution in [0, 0.1) is 0 Å². The molecule has 0 aliphatic rings. The van der Waals surface area contributed by atoms with Gasteiger partial charge in [0.15, 0.2) is 0 Å². The Bertz CT molecular complexity index is 295. The first-order chi connectivity index (χ1) is 6.15. The maximum Gasteiger partial charge on any atom is 0.310 e. The molecule has 78 valence electrons. The lowest BCUT2D eigenvalue weighted by atomic mass is 10.0. The molecule has 3 nitrogen and oxygen atoms in total. The van der Waals surface area contributed by atoms with Crippen LogP contribution >= 0.6 is 12.4 Å². The maximum absolute atomic E-state index is 10.6. The van der Waals surface area contributed by atoms with Crippen LogP contribution in [0.3, 0.4) is 0 Å². The highest BCUT2D eigenvalue weighted by Crippen LogP contribution is 2.18. The van der Waals surface area contributed by atoms with Crippen molar-refractivity contribution in [2.24, 2.45) is 0 Å². The third kappa shape index (κ3) is 2.92. The standard InChI is InChI=1S/C10H12O3.ClH/c1-7(10(11)12)8-3-5-9(13-2)6-4-8;/h3-7H,1-2H3,(H,11,12);1H. The van der Waals surface area contributed by atoms with E-state index in [0.29, 0.717) is 0 Å². The van der Waals surface area contributed by atoms with Crippen LogP contribution < -0.4 is 4.74 Å². The highest BCUT2D eigenvalue weighted by molar-refractivity contribution is 5.85. The number of carboxylic acid groups (broad SMARTS) is 1. The van der Waals surface area contributed by atoms with E-state index < -0.39 is 11.9 Å². The smallest absolute Gasteiger partial charge is 0.310 e. The molecule has 0 aliphatic carbocycles. The summed E-state index contributed by atoms with van der Waals surface area (Å²) < 4.78 is 4.96. The van der Waals surface area contributed by atoms with Crippen LogP contribution in [-0.4, -0.2) is 18.2 Å². The molecule has 1 aromatic rings. The van der Waals surface area contributed by atoms with Crippen molar-refractivity contribution in [1.29, 1.82) is 0 Å². The lowest BCUT2D eigenvalue weighted by Gasteiger charge is -2.06. The second kappa shape index (κ2) is 5.50. The number of aliphatic carboxylic acids is 1. The third-order valence-corrected chi connectivity index (χ3v) is 1.99. The largest absolute Gasteiger partial charge is 0.497 e. The summed E-state index contributed by atoms with van der Waals surface area (Å²) in [6.45, 7) is 1.66. The van der Waals surface area contributed by atoms with Gasteiger partial charge in [-0.05, 0) is 24.6 Å². The number of benzene rings is 1. The van der Waals surface area contributed by atoms with Gasteiger partial charge in [-0.1, -0.05) is 12.1 Å². The van der Waals surface area contributed by atoms with Crippen molar-refractivity contribution in [1.82, 2.24) is 0 Å². The van der Waals surface area contributed by atoms with E-state index in [1.165, 1.54) is 0 Å². The van der Waals surface area contributed by atoms with E-state index in [9.17, 15) is 4.79 Å². The number of rotatable bonds is 3. The first kappa shape index (κ1) is 12.8. The molecule has 1 unspecified atom stereocenters. The van der Waals surface area contributed by atoms with Crippen LogP contribution in [-0.2, 0) is 4.79 Å². The van der Waals surface area contributed by atoms with Crippen molar-refractivity contribution >= 4 is 18.4 Å². The molecule has 14 heavy (non-hydrogen) atoms. The van der Waals surface area contributed by atoms with Gasteiger partial charge in [-0.25, -0.2) is 0 Å². The predicted octanol–water partition coefficient (Wildman–Crippen LogP) is 2.31. The summed E-state index contributed by atoms with van der Waals surface area (Å²) in [5.41, 5.74) is 0.785. The molecule has 0 saturated carbocycles. The first-order valence-corrected chi connectivity index (χ1v) is 4.02. The van der Waals surface area contributed by atoms with Gasteiger partial charge in [0.2, 0.25) is 0 Å². The van der Waals surface area contributed by atoms with Crippen LogP contribution in [0.25, 0.3) is 0 Å². The van der Waals surface area contributed by atoms with Crippen LogP contribution in [0.5, 0.6) is 5.75 Å². The van der Waals surface area contributed by atoms with Gasteiger partial charge in [-0.3, -0.25) is 4.79 Å². The highest BCUT2D eigenvalue weighted by atomic mass is 35.5. The Balaban J connectivity index is 0.00000169. The number of hydrogen-bond acceptors (Lipinski definition) is 2. The van der Waals surface area contributed by atoms with Crippen LogP contribution in [0.4, 0.5) is 0 Å². The summed E-state index contributed by atoms with van der Waals surface area (Å²) in [6, 6.07) is 7.04. The molecular formula is C10H13ClO3. The number of carboxylic acids is 1. The molecule has 1 atom stereocenters. The zero-order valence-electron chi connectivity index (χ0n) is 8.06. The molecule has 0 spiro atoms. The maximum atomic E-state index is 10.6. The fourth-order valence-electron chi connectivity index (χ4n) is 1.04. The quantitative estimate of drug-likeness (QED) is 0.844. The van der Waals surface area contributed by atoms with Gasteiger partial charge < -0.3 is 9.84 Å². The second-order valence-corrected chi connectivity index (χ2v) is 2.83. The van der Waals surface area contributed by atoms with E-state index in [1.807, 2.05) is 0 Å². The summed E-state index contributed by atoms with van der Waals surface area (Å²) in [5.74, 6) is -0.544. The average Bonchev–Trinajstić information content (AvgIpc) is 2.17. The topological polar surface area (TPSA) is 46.5 Å².